The molecule has 1 spiro atoms. The number of halogens is 3. The van der Waals surface area contributed by atoms with E-state index in [0.717, 1.165) is 23.1 Å². The molecule has 0 radical (unpaired) electrons. The summed E-state index contributed by atoms with van der Waals surface area (Å²) in [4.78, 5) is 11.8. The zero-order valence-electron chi connectivity index (χ0n) is 14.2. The lowest BCUT2D eigenvalue weighted by molar-refractivity contribution is -0.164. The van der Waals surface area contributed by atoms with Gasteiger partial charge in [0, 0.05) is 28.1 Å². The molecule has 1 aliphatic carbocycles. The minimum atomic E-state index is -0.532. The summed E-state index contributed by atoms with van der Waals surface area (Å²) < 4.78 is 12.8. The summed E-state index contributed by atoms with van der Waals surface area (Å²) in [6, 6.07) is 6.11. The number of hydrogen-bond acceptors (Lipinski definition) is 3. The molecular weight excluding hydrogens is 504 g/mol. The monoisotopic (exact) mass is 522 g/mol. The van der Waals surface area contributed by atoms with Gasteiger partial charge in [-0.15, -0.1) is 0 Å². The molecule has 0 N–H and O–H groups in total. The van der Waals surface area contributed by atoms with Crippen molar-refractivity contribution >= 4 is 53.8 Å². The van der Waals surface area contributed by atoms with Crippen molar-refractivity contribution in [3.63, 3.8) is 0 Å². The van der Waals surface area contributed by atoms with Gasteiger partial charge in [0.1, 0.15) is 21.8 Å². The maximum absolute atomic E-state index is 11.6. The highest BCUT2D eigenvalue weighted by molar-refractivity contribution is 9.10. The van der Waals surface area contributed by atoms with Gasteiger partial charge in [-0.3, -0.25) is 4.79 Å². The van der Waals surface area contributed by atoms with Gasteiger partial charge in [0.15, 0.2) is 0 Å². The second-order valence-corrected chi connectivity index (χ2v) is 11.1. The quantitative estimate of drug-likeness (QED) is 0.364. The van der Waals surface area contributed by atoms with E-state index in [2.05, 4.69) is 74.6 Å². The van der Waals surface area contributed by atoms with E-state index in [-0.39, 0.29) is 22.3 Å². The van der Waals surface area contributed by atoms with Crippen LogP contribution in [-0.2, 0) is 16.0 Å². The number of ether oxygens (including phenoxy) is 2. The lowest BCUT2D eigenvalue weighted by Gasteiger charge is -2.59. The van der Waals surface area contributed by atoms with Crippen molar-refractivity contribution in [3.05, 3.63) is 28.2 Å². The fraction of sp³-hybridized carbons (Fsp3) is 0.611. The van der Waals surface area contributed by atoms with Crippen molar-refractivity contribution in [3.8, 4) is 5.75 Å². The summed E-state index contributed by atoms with van der Waals surface area (Å²) >= 11 is 11.3. The maximum atomic E-state index is 11.6. The molecule has 3 nitrogen and oxygen atoms in total. The van der Waals surface area contributed by atoms with E-state index in [4.69, 9.17) is 9.47 Å². The molecule has 0 unspecified atom stereocenters. The SMILES string of the molecule is CC(=O)O[C@@H]1C[C@H](Br)C(C)(C)[C@]2(Cc3cc(Br)ccc3O2)[C@]1(C)Br. The third kappa shape index (κ3) is 2.59. The van der Waals surface area contributed by atoms with E-state index in [1.165, 1.54) is 12.5 Å². The van der Waals surface area contributed by atoms with Crippen LogP contribution in [-0.4, -0.2) is 26.8 Å². The molecule has 4 atom stereocenters. The minimum absolute atomic E-state index is 0.165. The first-order chi connectivity index (χ1) is 11.0. The first kappa shape index (κ1) is 18.7. The summed E-state index contributed by atoms with van der Waals surface area (Å²) in [6.07, 6.45) is 1.22. The Morgan fingerprint density at radius 3 is 2.62 bits per heavy atom. The molecule has 24 heavy (non-hydrogen) atoms. The summed E-state index contributed by atoms with van der Waals surface area (Å²) in [5.74, 6) is 0.638. The molecule has 1 aromatic rings. The zero-order chi connectivity index (χ0) is 17.9. The van der Waals surface area contributed by atoms with Crippen LogP contribution in [0.3, 0.4) is 0 Å². The highest BCUT2D eigenvalue weighted by Crippen LogP contribution is 2.62. The summed E-state index contributed by atoms with van der Waals surface area (Å²) in [5, 5.41) is 0. The molecule has 2 aliphatic rings. The highest BCUT2D eigenvalue weighted by atomic mass is 79.9. The van der Waals surface area contributed by atoms with Crippen molar-refractivity contribution in [1.29, 1.82) is 0 Å². The normalized spacial score (nSPS) is 37.0. The molecule has 0 bridgehead atoms. The Kier molecular flexibility index (Phi) is 4.67. The Labute approximate surface area is 168 Å². The van der Waals surface area contributed by atoms with Gasteiger partial charge in [-0.05, 0) is 37.1 Å². The zero-order valence-corrected chi connectivity index (χ0v) is 18.9. The number of alkyl halides is 2. The largest absolute Gasteiger partial charge is 0.484 e. The predicted octanol–water partition coefficient (Wildman–Crippen LogP) is 5.40. The van der Waals surface area contributed by atoms with Gasteiger partial charge in [-0.2, -0.15) is 0 Å². The molecule has 1 saturated carbocycles. The standard InChI is InChI=1S/C18H21Br3O3/c1-10(22)23-15-8-14(20)16(2,3)18(17(15,4)21)9-11-7-12(19)5-6-13(11)24-18/h5-7,14-15H,8-9H2,1-4H3/t14-,15+,17+,18+/m0/s1. The Bertz CT molecular complexity index is 686. The Balaban J connectivity index is 2.10. The first-order valence-electron chi connectivity index (χ1n) is 7.99. The minimum Gasteiger partial charge on any atom is -0.484 e. The second-order valence-electron chi connectivity index (χ2n) is 7.46. The predicted molar refractivity (Wildman–Crippen MR) is 105 cm³/mol. The van der Waals surface area contributed by atoms with Gasteiger partial charge < -0.3 is 9.47 Å². The molecule has 1 aliphatic heterocycles. The molecule has 1 fully saturated rings. The number of carbonyl (C=O) groups excluding carboxylic acids is 1. The molecule has 1 heterocycles. The summed E-state index contributed by atoms with van der Waals surface area (Å²) in [5.41, 5.74) is 0.467. The Hall–Kier alpha value is -0.0700. The lowest BCUT2D eigenvalue weighted by atomic mass is 9.58. The smallest absolute Gasteiger partial charge is 0.302 e. The van der Waals surface area contributed by atoms with E-state index in [0.29, 0.717) is 0 Å². The van der Waals surface area contributed by atoms with E-state index in [9.17, 15) is 4.79 Å². The molecule has 0 aromatic heterocycles. The van der Waals surface area contributed by atoms with Crippen molar-refractivity contribution in [2.24, 2.45) is 5.41 Å². The number of rotatable bonds is 1. The van der Waals surface area contributed by atoms with E-state index in [1.807, 2.05) is 12.1 Å². The van der Waals surface area contributed by atoms with Gasteiger partial charge >= 0.3 is 5.97 Å². The van der Waals surface area contributed by atoms with Crippen LogP contribution in [0.2, 0.25) is 0 Å². The molecule has 1 aromatic carbocycles. The molecule has 132 valence electrons. The van der Waals surface area contributed by atoms with Crippen molar-refractivity contribution < 1.29 is 14.3 Å². The topological polar surface area (TPSA) is 35.5 Å². The van der Waals surface area contributed by atoms with Crippen LogP contribution in [0, 0.1) is 5.41 Å². The second kappa shape index (κ2) is 5.98. The van der Waals surface area contributed by atoms with Crippen molar-refractivity contribution in [1.82, 2.24) is 0 Å². The molecule has 0 saturated heterocycles. The van der Waals surface area contributed by atoms with Crippen LogP contribution in [0.25, 0.3) is 0 Å². The van der Waals surface area contributed by atoms with E-state index in [1.54, 1.807) is 0 Å². The van der Waals surface area contributed by atoms with Crippen LogP contribution in [0.15, 0.2) is 22.7 Å². The fourth-order valence-electron chi connectivity index (χ4n) is 4.12. The fourth-order valence-corrected chi connectivity index (χ4v) is 6.25. The van der Waals surface area contributed by atoms with E-state index >= 15 is 0 Å². The molecule has 3 rings (SSSR count). The third-order valence-corrected chi connectivity index (χ3v) is 8.86. The molecule has 6 heteroatoms. The number of carbonyl (C=O) groups is 1. The van der Waals surface area contributed by atoms with Gasteiger partial charge in [0.05, 0.1) is 0 Å². The van der Waals surface area contributed by atoms with Crippen LogP contribution in [0.4, 0.5) is 0 Å². The van der Waals surface area contributed by atoms with Gasteiger partial charge in [-0.1, -0.05) is 61.6 Å². The molecule has 0 amide bonds. The van der Waals surface area contributed by atoms with Crippen LogP contribution in [0.1, 0.15) is 39.7 Å². The Morgan fingerprint density at radius 1 is 1.33 bits per heavy atom. The number of benzene rings is 1. The van der Waals surface area contributed by atoms with Gasteiger partial charge in [0.2, 0.25) is 0 Å². The van der Waals surface area contributed by atoms with Crippen LogP contribution >= 0.6 is 47.8 Å². The highest BCUT2D eigenvalue weighted by Gasteiger charge is 2.69. The van der Waals surface area contributed by atoms with Crippen molar-refractivity contribution in [2.45, 2.75) is 61.4 Å². The van der Waals surface area contributed by atoms with Crippen molar-refractivity contribution in [2.75, 3.05) is 0 Å². The average Bonchev–Trinajstić information content (AvgIpc) is 2.85. The third-order valence-electron chi connectivity index (χ3n) is 5.69. The summed E-state index contributed by atoms with van der Waals surface area (Å²) in [6.45, 7) is 7.98. The van der Waals surface area contributed by atoms with Gasteiger partial charge in [-0.25, -0.2) is 0 Å². The van der Waals surface area contributed by atoms with Gasteiger partial charge in [0.25, 0.3) is 0 Å². The maximum Gasteiger partial charge on any atom is 0.302 e. The Morgan fingerprint density at radius 2 is 2.00 bits per heavy atom. The number of esters is 1. The number of fused-ring (bicyclic) bond motifs is 1. The van der Waals surface area contributed by atoms with E-state index < -0.39 is 9.93 Å². The summed E-state index contributed by atoms with van der Waals surface area (Å²) in [7, 11) is 0. The average molecular weight is 525 g/mol. The molecular formula is C18H21Br3O3. The number of hydrogen-bond donors (Lipinski definition) is 0. The first-order valence-corrected chi connectivity index (χ1v) is 10.5. The lowest BCUT2D eigenvalue weighted by Crippen LogP contribution is -2.72. The van der Waals surface area contributed by atoms with Crippen LogP contribution < -0.4 is 4.74 Å². The van der Waals surface area contributed by atoms with Crippen LogP contribution in [0.5, 0.6) is 5.75 Å².